The number of fused-ring (bicyclic) bond motifs is 1. The molecule has 3 aromatic carbocycles. The van der Waals surface area contributed by atoms with E-state index in [1.165, 1.54) is 29.7 Å². The van der Waals surface area contributed by atoms with Gasteiger partial charge in [-0.05, 0) is 61.1 Å². The molecular weight excluding hydrogens is 484 g/mol. The molecular formula is C30H28N2O6. The Morgan fingerprint density at radius 3 is 2.45 bits per heavy atom. The normalized spacial score (nSPS) is 20.6. The van der Waals surface area contributed by atoms with Crippen molar-refractivity contribution in [2.24, 2.45) is 11.8 Å². The van der Waals surface area contributed by atoms with Crippen LogP contribution in [0.4, 0.5) is 11.4 Å². The Morgan fingerprint density at radius 2 is 1.66 bits per heavy atom. The van der Waals surface area contributed by atoms with Crippen molar-refractivity contribution in [3.05, 3.63) is 90.0 Å². The third-order valence-corrected chi connectivity index (χ3v) is 7.22. The molecule has 1 N–H and O–H groups in total. The standard InChI is InChI=1S/C30H28N2O6/c1-37-24-12-6-10-22(17-24)31-27(33)18-38-30(36)21-9-5-11-23(15-21)32-28(34)25-14-13-20(16-26(25)29(32)35)19-7-3-2-4-8-19/h2-12,15,17,20,25-26H,13-14,16,18H2,1H3,(H,31,33)/t20-,25-,26-/m1/s1. The highest BCUT2D eigenvalue weighted by Crippen LogP contribution is 2.45. The van der Waals surface area contributed by atoms with Gasteiger partial charge in [-0.15, -0.1) is 0 Å². The van der Waals surface area contributed by atoms with E-state index in [0.717, 1.165) is 6.42 Å². The Labute approximate surface area is 220 Å². The second kappa shape index (κ2) is 10.9. The van der Waals surface area contributed by atoms with Gasteiger partial charge in [0.1, 0.15) is 5.75 Å². The number of methoxy groups -OCH3 is 1. The number of hydrogen-bond acceptors (Lipinski definition) is 6. The molecule has 5 rings (SSSR count). The van der Waals surface area contributed by atoms with E-state index in [4.69, 9.17) is 9.47 Å². The van der Waals surface area contributed by atoms with Gasteiger partial charge in [-0.1, -0.05) is 42.5 Å². The molecule has 1 aliphatic carbocycles. The summed E-state index contributed by atoms with van der Waals surface area (Å²) in [5.41, 5.74) is 2.18. The molecule has 1 saturated heterocycles. The van der Waals surface area contributed by atoms with Crippen molar-refractivity contribution in [2.45, 2.75) is 25.2 Å². The summed E-state index contributed by atoms with van der Waals surface area (Å²) >= 11 is 0. The smallest absolute Gasteiger partial charge is 0.338 e. The van der Waals surface area contributed by atoms with E-state index in [-0.39, 0.29) is 35.1 Å². The van der Waals surface area contributed by atoms with Crippen LogP contribution in [0.5, 0.6) is 5.75 Å². The van der Waals surface area contributed by atoms with Crippen LogP contribution in [-0.2, 0) is 19.1 Å². The second-order valence-corrected chi connectivity index (χ2v) is 9.55. The van der Waals surface area contributed by atoms with Crippen molar-refractivity contribution in [1.82, 2.24) is 0 Å². The lowest BCUT2D eigenvalue weighted by Crippen LogP contribution is -2.31. The van der Waals surface area contributed by atoms with Crippen molar-refractivity contribution in [2.75, 3.05) is 23.9 Å². The minimum absolute atomic E-state index is 0.148. The van der Waals surface area contributed by atoms with Gasteiger partial charge in [-0.25, -0.2) is 4.79 Å². The highest BCUT2D eigenvalue weighted by atomic mass is 16.5. The summed E-state index contributed by atoms with van der Waals surface area (Å²) in [6, 6.07) is 23.1. The summed E-state index contributed by atoms with van der Waals surface area (Å²) in [6.07, 6.45) is 2.12. The van der Waals surface area contributed by atoms with Gasteiger partial charge in [-0.2, -0.15) is 0 Å². The first-order valence-electron chi connectivity index (χ1n) is 12.6. The van der Waals surface area contributed by atoms with E-state index in [2.05, 4.69) is 17.4 Å². The van der Waals surface area contributed by atoms with Crippen molar-refractivity contribution in [1.29, 1.82) is 0 Å². The molecule has 194 valence electrons. The number of hydrogen-bond donors (Lipinski definition) is 1. The number of rotatable bonds is 7. The molecule has 3 atom stereocenters. The van der Waals surface area contributed by atoms with Gasteiger partial charge in [0.15, 0.2) is 6.61 Å². The molecule has 38 heavy (non-hydrogen) atoms. The maximum absolute atomic E-state index is 13.4. The van der Waals surface area contributed by atoms with E-state index in [1.54, 1.807) is 36.4 Å². The van der Waals surface area contributed by atoms with Gasteiger partial charge in [0.25, 0.3) is 5.91 Å². The van der Waals surface area contributed by atoms with Gasteiger partial charge in [-0.3, -0.25) is 19.3 Å². The Bertz CT molecular complexity index is 1370. The summed E-state index contributed by atoms with van der Waals surface area (Å²) in [4.78, 5) is 52.7. The molecule has 0 radical (unpaired) electrons. The van der Waals surface area contributed by atoms with Gasteiger partial charge in [0.05, 0.1) is 30.2 Å². The number of nitrogens with zero attached hydrogens (tertiary/aromatic N) is 1. The van der Waals surface area contributed by atoms with Gasteiger partial charge >= 0.3 is 5.97 Å². The lowest BCUT2D eigenvalue weighted by Gasteiger charge is -2.28. The molecule has 1 heterocycles. The number of esters is 1. The van der Waals surface area contributed by atoms with Crippen LogP contribution in [0.3, 0.4) is 0 Å². The minimum atomic E-state index is -0.728. The molecule has 8 heteroatoms. The average Bonchev–Trinajstić information content (AvgIpc) is 3.21. The number of anilines is 2. The lowest BCUT2D eigenvalue weighted by molar-refractivity contribution is -0.122. The lowest BCUT2D eigenvalue weighted by atomic mass is 9.73. The molecule has 2 fully saturated rings. The molecule has 0 spiro atoms. The van der Waals surface area contributed by atoms with Crippen LogP contribution in [0.1, 0.15) is 41.1 Å². The minimum Gasteiger partial charge on any atom is -0.497 e. The predicted octanol–water partition coefficient (Wildman–Crippen LogP) is 4.56. The second-order valence-electron chi connectivity index (χ2n) is 9.55. The monoisotopic (exact) mass is 512 g/mol. The van der Waals surface area contributed by atoms with Gasteiger partial charge < -0.3 is 14.8 Å². The van der Waals surface area contributed by atoms with Crippen LogP contribution >= 0.6 is 0 Å². The number of benzene rings is 3. The van der Waals surface area contributed by atoms with Crippen LogP contribution in [0, 0.1) is 11.8 Å². The van der Waals surface area contributed by atoms with E-state index in [0.29, 0.717) is 30.0 Å². The van der Waals surface area contributed by atoms with Crippen molar-refractivity contribution >= 4 is 35.1 Å². The maximum atomic E-state index is 13.4. The largest absolute Gasteiger partial charge is 0.497 e. The number of imide groups is 1. The van der Waals surface area contributed by atoms with Crippen LogP contribution in [0.25, 0.3) is 0 Å². The highest BCUT2D eigenvalue weighted by molar-refractivity contribution is 6.22. The summed E-state index contributed by atoms with van der Waals surface area (Å²) in [5, 5.41) is 2.64. The van der Waals surface area contributed by atoms with Crippen LogP contribution in [0.2, 0.25) is 0 Å². The van der Waals surface area contributed by atoms with E-state index < -0.39 is 18.5 Å². The average molecular weight is 513 g/mol. The van der Waals surface area contributed by atoms with Gasteiger partial charge in [0.2, 0.25) is 11.8 Å². The highest BCUT2D eigenvalue weighted by Gasteiger charge is 2.50. The molecule has 2 aliphatic rings. The Kier molecular flexibility index (Phi) is 7.22. The van der Waals surface area contributed by atoms with E-state index in [1.807, 2.05) is 18.2 Å². The third kappa shape index (κ3) is 5.16. The zero-order valence-corrected chi connectivity index (χ0v) is 21.0. The zero-order chi connectivity index (χ0) is 26.6. The number of nitrogens with one attached hydrogen (secondary N) is 1. The van der Waals surface area contributed by atoms with Gasteiger partial charge in [0, 0.05) is 11.8 Å². The van der Waals surface area contributed by atoms with Crippen molar-refractivity contribution < 1.29 is 28.7 Å². The fourth-order valence-electron chi connectivity index (χ4n) is 5.35. The number of carbonyl (C=O) groups excluding carboxylic acids is 4. The van der Waals surface area contributed by atoms with Crippen LogP contribution < -0.4 is 15.0 Å². The molecule has 3 aromatic rings. The summed E-state index contributed by atoms with van der Waals surface area (Å²) in [7, 11) is 1.52. The molecule has 0 unspecified atom stereocenters. The predicted molar refractivity (Wildman–Crippen MR) is 141 cm³/mol. The van der Waals surface area contributed by atoms with Crippen molar-refractivity contribution in [3.63, 3.8) is 0 Å². The topological polar surface area (TPSA) is 102 Å². The third-order valence-electron chi connectivity index (χ3n) is 7.22. The van der Waals surface area contributed by atoms with E-state index in [9.17, 15) is 19.2 Å². The maximum Gasteiger partial charge on any atom is 0.338 e. The molecule has 1 saturated carbocycles. The molecule has 0 aromatic heterocycles. The molecule has 3 amide bonds. The zero-order valence-electron chi connectivity index (χ0n) is 21.0. The summed E-state index contributed by atoms with van der Waals surface area (Å²) < 4.78 is 10.3. The fraction of sp³-hybridized carbons (Fsp3) is 0.267. The first-order chi connectivity index (χ1) is 18.4. The van der Waals surface area contributed by atoms with Crippen LogP contribution in [-0.4, -0.2) is 37.4 Å². The molecule has 0 bridgehead atoms. The van der Waals surface area contributed by atoms with Crippen molar-refractivity contribution in [3.8, 4) is 5.75 Å². The Balaban J connectivity index is 1.23. The Morgan fingerprint density at radius 1 is 0.895 bits per heavy atom. The molecule has 1 aliphatic heterocycles. The van der Waals surface area contributed by atoms with Crippen LogP contribution in [0.15, 0.2) is 78.9 Å². The SMILES string of the molecule is COc1cccc(NC(=O)COC(=O)c2cccc(N3C(=O)[C@@H]4CC[C@@H](c5ccccc5)C[C@H]4C3=O)c2)c1. The first-order valence-corrected chi connectivity index (χ1v) is 12.6. The quantitative estimate of drug-likeness (QED) is 0.368. The number of ether oxygens (including phenoxy) is 2. The fourth-order valence-corrected chi connectivity index (χ4v) is 5.35. The first kappa shape index (κ1) is 25.2. The Hall–Kier alpha value is -4.46. The number of carbonyl (C=O) groups is 4. The number of amides is 3. The summed E-state index contributed by atoms with van der Waals surface area (Å²) in [5.74, 6) is -1.61. The molecule has 8 nitrogen and oxygen atoms in total. The van der Waals surface area contributed by atoms with E-state index >= 15 is 0 Å². The summed E-state index contributed by atoms with van der Waals surface area (Å²) in [6.45, 7) is -0.493.